The van der Waals surface area contributed by atoms with Crippen molar-refractivity contribution in [1.29, 1.82) is 5.41 Å². The second kappa shape index (κ2) is 8.13. The lowest BCUT2D eigenvalue weighted by molar-refractivity contribution is 0.323. The van der Waals surface area contributed by atoms with Gasteiger partial charge >= 0.3 is 0 Å². The van der Waals surface area contributed by atoms with Gasteiger partial charge in [-0.2, -0.15) is 0 Å². The van der Waals surface area contributed by atoms with E-state index in [4.69, 9.17) is 22.0 Å². The Morgan fingerprint density at radius 1 is 1.31 bits per heavy atom. The van der Waals surface area contributed by atoms with Crippen molar-refractivity contribution in [2.75, 3.05) is 6.26 Å². The van der Waals surface area contributed by atoms with Crippen LogP contribution in [-0.2, 0) is 12.0 Å². The molecule has 6 heteroatoms. The molecule has 0 saturated heterocycles. The predicted molar refractivity (Wildman–Crippen MR) is 114 cm³/mol. The summed E-state index contributed by atoms with van der Waals surface area (Å²) < 4.78 is 2.43. The molecule has 26 heavy (non-hydrogen) atoms. The monoisotopic (exact) mass is 390 g/mol. The van der Waals surface area contributed by atoms with Crippen LogP contribution in [0.25, 0.3) is 0 Å². The van der Waals surface area contributed by atoms with Gasteiger partial charge in [0.1, 0.15) is 21.6 Å². The van der Waals surface area contributed by atoms with Crippen LogP contribution in [0.5, 0.6) is 0 Å². The normalized spacial score (nSPS) is 22.2. The summed E-state index contributed by atoms with van der Waals surface area (Å²) in [6, 6.07) is 2.19. The highest BCUT2D eigenvalue weighted by atomic mass is 35.5. The number of thioether (sulfide) groups is 1. The Labute approximate surface area is 165 Å². The van der Waals surface area contributed by atoms with Crippen molar-refractivity contribution in [3.63, 3.8) is 0 Å². The molecule has 0 aliphatic carbocycles. The highest BCUT2D eigenvalue weighted by molar-refractivity contribution is 8.13. The zero-order chi connectivity index (χ0) is 18.7. The molecular formula is C20H27ClN4S. The van der Waals surface area contributed by atoms with E-state index < -0.39 is 0 Å². The minimum Gasteiger partial charge on any atom is -0.329 e. The fourth-order valence-electron chi connectivity index (χ4n) is 4.19. The van der Waals surface area contributed by atoms with E-state index in [0.29, 0.717) is 11.0 Å². The molecule has 0 atom stereocenters. The molecule has 2 aliphatic heterocycles. The van der Waals surface area contributed by atoms with E-state index in [1.54, 1.807) is 11.8 Å². The van der Waals surface area contributed by atoms with Crippen molar-refractivity contribution in [2.24, 2.45) is 9.98 Å². The number of halogens is 1. The average molecular weight is 391 g/mol. The van der Waals surface area contributed by atoms with Gasteiger partial charge in [0.2, 0.25) is 0 Å². The molecule has 0 radical (unpaired) electrons. The van der Waals surface area contributed by atoms with E-state index in [0.717, 1.165) is 61.2 Å². The second-order valence-corrected chi connectivity index (χ2v) is 8.13. The van der Waals surface area contributed by atoms with Crippen LogP contribution in [0.4, 0.5) is 0 Å². The van der Waals surface area contributed by atoms with Gasteiger partial charge in [0.25, 0.3) is 0 Å². The van der Waals surface area contributed by atoms with Crippen LogP contribution in [0.1, 0.15) is 69.3 Å². The molecule has 3 heterocycles. The molecule has 0 unspecified atom stereocenters. The molecular weight excluding hydrogens is 364 g/mol. The van der Waals surface area contributed by atoms with Crippen LogP contribution in [0.3, 0.4) is 0 Å². The van der Waals surface area contributed by atoms with Crippen LogP contribution >= 0.6 is 23.4 Å². The molecule has 0 fully saturated rings. The number of amidine groups is 1. The molecule has 140 valence electrons. The number of rotatable bonds is 4. The Kier molecular flexibility index (Phi) is 6.08. The molecule has 0 saturated carbocycles. The quantitative estimate of drug-likeness (QED) is 0.656. The van der Waals surface area contributed by atoms with Crippen LogP contribution in [0.15, 0.2) is 27.3 Å². The Bertz CT molecular complexity index is 782. The molecule has 4 nitrogen and oxygen atoms in total. The maximum Gasteiger partial charge on any atom is 0.148 e. The SMILES string of the molecule is CCCC1(CCC)C(=N)N=C(SC)c2cc3c(n21)CCC/C=C(Cl)\N=C/3. The summed E-state index contributed by atoms with van der Waals surface area (Å²) in [6.45, 7) is 4.39. The largest absolute Gasteiger partial charge is 0.329 e. The van der Waals surface area contributed by atoms with Crippen molar-refractivity contribution in [1.82, 2.24) is 4.57 Å². The van der Waals surface area contributed by atoms with E-state index in [2.05, 4.69) is 29.5 Å². The average Bonchev–Trinajstić information content (AvgIpc) is 3.01. The van der Waals surface area contributed by atoms with Crippen molar-refractivity contribution in [3.8, 4) is 0 Å². The standard InChI is InChI=1S/C20H27ClN4S/c1-4-10-20(11-5-2)19(22)24-18(26-3)16-12-14-13-23-17(21)9-7-6-8-15(14)25(16)20/h9,12-13,22H,4-8,10-11H2,1-3H3/b17-9-,22-19?,23-13-. The summed E-state index contributed by atoms with van der Waals surface area (Å²) in [6.07, 6.45) is 12.8. The highest BCUT2D eigenvalue weighted by Gasteiger charge is 2.42. The Morgan fingerprint density at radius 3 is 2.69 bits per heavy atom. The fraction of sp³-hybridized carbons (Fsp3) is 0.550. The molecule has 2 aliphatic rings. The van der Waals surface area contributed by atoms with Gasteiger partial charge in [-0.1, -0.05) is 38.3 Å². The van der Waals surface area contributed by atoms with Crippen molar-refractivity contribution in [3.05, 3.63) is 34.2 Å². The maximum absolute atomic E-state index is 8.81. The lowest BCUT2D eigenvalue weighted by Crippen LogP contribution is -2.46. The van der Waals surface area contributed by atoms with Crippen LogP contribution in [-0.4, -0.2) is 27.9 Å². The van der Waals surface area contributed by atoms with E-state index in [1.807, 2.05) is 18.5 Å². The van der Waals surface area contributed by atoms with Crippen molar-refractivity contribution < 1.29 is 0 Å². The van der Waals surface area contributed by atoms with Crippen LogP contribution < -0.4 is 0 Å². The minimum atomic E-state index is -0.342. The third kappa shape index (κ3) is 3.31. The van der Waals surface area contributed by atoms with E-state index in [1.165, 1.54) is 5.69 Å². The molecule has 0 aromatic carbocycles. The minimum absolute atomic E-state index is 0.342. The third-order valence-corrected chi connectivity index (χ3v) is 6.15. The van der Waals surface area contributed by atoms with Crippen LogP contribution in [0, 0.1) is 5.41 Å². The van der Waals surface area contributed by atoms with Crippen LogP contribution in [0.2, 0.25) is 0 Å². The molecule has 1 aromatic heterocycles. The molecule has 0 bridgehead atoms. The van der Waals surface area contributed by atoms with E-state index >= 15 is 0 Å². The lowest BCUT2D eigenvalue weighted by atomic mass is 9.85. The van der Waals surface area contributed by atoms with Gasteiger partial charge in [-0.05, 0) is 50.5 Å². The van der Waals surface area contributed by atoms with Gasteiger partial charge in [0.05, 0.1) is 5.69 Å². The number of hydrogen-bond acceptors (Lipinski definition) is 3. The van der Waals surface area contributed by atoms with Crippen molar-refractivity contribution >= 4 is 40.5 Å². The summed E-state index contributed by atoms with van der Waals surface area (Å²) in [4.78, 5) is 9.14. The summed E-state index contributed by atoms with van der Waals surface area (Å²) in [5, 5.41) is 10.3. The number of aliphatic imine (C=N–C) groups is 2. The lowest BCUT2D eigenvalue weighted by Gasteiger charge is -2.40. The van der Waals surface area contributed by atoms with E-state index in [-0.39, 0.29) is 5.54 Å². The third-order valence-electron chi connectivity index (χ3n) is 5.22. The molecule has 1 N–H and O–H groups in total. The molecule has 0 amide bonds. The first-order valence-corrected chi connectivity index (χ1v) is 11.0. The van der Waals surface area contributed by atoms with Gasteiger partial charge in [-0.3, -0.25) is 5.41 Å². The number of nitrogens with zero attached hydrogens (tertiary/aromatic N) is 3. The smallest absolute Gasteiger partial charge is 0.148 e. The summed E-state index contributed by atoms with van der Waals surface area (Å²) in [5.41, 5.74) is 3.18. The first kappa shape index (κ1) is 19.4. The zero-order valence-electron chi connectivity index (χ0n) is 15.8. The number of fused-ring (bicyclic) bond motifs is 3. The molecule has 3 rings (SSSR count). The summed E-state index contributed by atoms with van der Waals surface area (Å²) in [7, 11) is 0. The predicted octanol–water partition coefficient (Wildman–Crippen LogP) is 5.72. The Balaban J connectivity index is 2.26. The van der Waals surface area contributed by atoms with Gasteiger partial charge in [-0.25, -0.2) is 9.98 Å². The van der Waals surface area contributed by atoms with Gasteiger partial charge in [0.15, 0.2) is 0 Å². The summed E-state index contributed by atoms with van der Waals surface area (Å²) in [5.74, 6) is 0.504. The summed E-state index contributed by atoms with van der Waals surface area (Å²) >= 11 is 7.80. The first-order chi connectivity index (χ1) is 12.6. The van der Waals surface area contributed by atoms with Gasteiger partial charge in [-0.15, -0.1) is 11.8 Å². The second-order valence-electron chi connectivity index (χ2n) is 6.95. The van der Waals surface area contributed by atoms with Crippen molar-refractivity contribution in [2.45, 2.75) is 64.3 Å². The molecule has 1 aromatic rings. The Hall–Kier alpha value is -1.33. The fourth-order valence-corrected chi connectivity index (χ4v) is 4.89. The number of aromatic nitrogens is 1. The van der Waals surface area contributed by atoms with Gasteiger partial charge < -0.3 is 4.57 Å². The van der Waals surface area contributed by atoms with Gasteiger partial charge in [0, 0.05) is 17.5 Å². The number of allylic oxidation sites excluding steroid dienone is 1. The maximum atomic E-state index is 8.81. The Morgan fingerprint density at radius 2 is 2.04 bits per heavy atom. The highest BCUT2D eigenvalue weighted by Crippen LogP contribution is 2.40. The number of hydrogen-bond donors (Lipinski definition) is 1. The van der Waals surface area contributed by atoms with E-state index in [9.17, 15) is 0 Å². The zero-order valence-corrected chi connectivity index (χ0v) is 17.4. The molecule has 0 spiro atoms. The first-order valence-electron chi connectivity index (χ1n) is 9.44. The topological polar surface area (TPSA) is 53.5 Å². The number of nitrogens with one attached hydrogen (secondary N) is 1.